The summed E-state index contributed by atoms with van der Waals surface area (Å²) in [6, 6.07) is -4.02. The lowest BCUT2D eigenvalue weighted by Gasteiger charge is -2.21. The van der Waals surface area contributed by atoms with Crippen LogP contribution >= 0.6 is 11.8 Å². The van der Waals surface area contributed by atoms with Gasteiger partial charge in [0.1, 0.15) is 24.8 Å². The van der Waals surface area contributed by atoms with Crippen LogP contribution in [0.3, 0.4) is 0 Å². The second-order valence-electron chi connectivity index (χ2n) is 18.1. The number of carbonyl (C=O) groups excluding carboxylic acids is 6. The van der Waals surface area contributed by atoms with Crippen LogP contribution in [0.25, 0.3) is 0 Å². The molecule has 1 unspecified atom stereocenters. The molecule has 0 heterocycles. The van der Waals surface area contributed by atoms with Crippen LogP contribution in [0.5, 0.6) is 0 Å². The Labute approximate surface area is 411 Å². The summed E-state index contributed by atoms with van der Waals surface area (Å²) in [6.07, 6.45) is 29.1. The average molecular weight is 986 g/mol. The van der Waals surface area contributed by atoms with E-state index in [4.69, 9.17) is 26.0 Å². The van der Waals surface area contributed by atoms with E-state index in [0.29, 0.717) is 12.8 Å². The minimum absolute atomic E-state index is 0.0190. The highest BCUT2D eigenvalue weighted by molar-refractivity contribution is 7.99. The number of hydrogen-bond acceptors (Lipinski definition) is 12. The average Bonchev–Trinajstić information content (AvgIpc) is 3.30. The molecule has 0 bridgehead atoms. The summed E-state index contributed by atoms with van der Waals surface area (Å²) < 4.78 is 11.3. The zero-order chi connectivity index (χ0) is 50.6. The number of carboxylic acids is 2. The lowest BCUT2D eigenvalue weighted by Crippen LogP contribution is -2.54. The van der Waals surface area contributed by atoms with Crippen molar-refractivity contribution in [2.24, 2.45) is 11.5 Å². The molecule has 0 aliphatic heterocycles. The number of esters is 2. The normalized spacial score (nSPS) is 12.9. The number of carboxylic acid groups (broad SMARTS) is 2. The molecule has 0 fully saturated rings. The topological polar surface area (TPSA) is 284 Å². The molecule has 0 saturated carbocycles. The Bertz CT molecular complexity index is 1410. The maximum Gasteiger partial charge on any atom is 0.326 e. The van der Waals surface area contributed by atoms with Gasteiger partial charge in [0.2, 0.25) is 23.6 Å². The number of unbranched alkanes of at least 4 members (excludes halogenated alkanes) is 24. The van der Waals surface area contributed by atoms with Gasteiger partial charge < -0.3 is 47.1 Å². The highest BCUT2D eigenvalue weighted by Crippen LogP contribution is 2.16. The lowest BCUT2D eigenvalue weighted by molar-refractivity contribution is -0.157. The van der Waals surface area contributed by atoms with Gasteiger partial charge in [-0.05, 0) is 25.7 Å². The number of nitrogens with one attached hydrogen (secondary N) is 3. The summed E-state index contributed by atoms with van der Waals surface area (Å²) >= 11 is 1.19. The second-order valence-corrected chi connectivity index (χ2v) is 19.2. The quantitative estimate of drug-likeness (QED) is 0.0227. The number of rotatable bonds is 48. The third-order valence-electron chi connectivity index (χ3n) is 11.7. The zero-order valence-corrected chi connectivity index (χ0v) is 42.6. The van der Waals surface area contributed by atoms with Gasteiger partial charge in [-0.2, -0.15) is 11.8 Å². The Hall–Kier alpha value is -3.93. The van der Waals surface area contributed by atoms with Gasteiger partial charge in [0.25, 0.3) is 0 Å². The largest absolute Gasteiger partial charge is 0.481 e. The van der Waals surface area contributed by atoms with Gasteiger partial charge in [0.05, 0.1) is 12.6 Å². The molecule has 18 heteroatoms. The van der Waals surface area contributed by atoms with Gasteiger partial charge in [-0.1, -0.05) is 168 Å². The Kier molecular flexibility index (Phi) is 41.7. The van der Waals surface area contributed by atoms with Gasteiger partial charge in [0, 0.05) is 37.2 Å². The van der Waals surface area contributed by atoms with Crippen molar-refractivity contribution in [1.29, 1.82) is 0 Å². The van der Waals surface area contributed by atoms with Crippen LogP contribution in [0.4, 0.5) is 0 Å². The first-order valence-corrected chi connectivity index (χ1v) is 27.1. The highest BCUT2D eigenvalue weighted by Gasteiger charge is 2.27. The third kappa shape index (κ3) is 40.0. The van der Waals surface area contributed by atoms with Crippen LogP contribution < -0.4 is 27.4 Å². The number of primary amides is 1. The predicted molar refractivity (Wildman–Crippen MR) is 267 cm³/mol. The van der Waals surface area contributed by atoms with E-state index in [1.807, 2.05) is 0 Å². The fraction of sp³-hybridized carbons (Fsp3) is 0.840. The smallest absolute Gasteiger partial charge is 0.326 e. The molecule has 0 aromatic rings. The van der Waals surface area contributed by atoms with Crippen LogP contribution in [0.2, 0.25) is 0 Å². The molecule has 0 aromatic carbocycles. The summed E-state index contributed by atoms with van der Waals surface area (Å²) in [7, 11) is 0. The van der Waals surface area contributed by atoms with Gasteiger partial charge in [-0.15, -0.1) is 0 Å². The predicted octanol–water partition coefficient (Wildman–Crippen LogP) is 7.77. The van der Waals surface area contributed by atoms with Gasteiger partial charge in [0.15, 0.2) is 0 Å². The van der Waals surface area contributed by atoms with Crippen LogP contribution in [0.1, 0.15) is 219 Å². The Balaban J connectivity index is 5.10. The fourth-order valence-electron chi connectivity index (χ4n) is 7.49. The monoisotopic (exact) mass is 986 g/mol. The molecule has 394 valence electrons. The first kappa shape index (κ1) is 64.1. The summed E-state index contributed by atoms with van der Waals surface area (Å²) in [5.74, 6) is -6.60. The minimum atomic E-state index is -1.51. The van der Waals surface area contributed by atoms with E-state index in [1.54, 1.807) is 0 Å². The van der Waals surface area contributed by atoms with Crippen molar-refractivity contribution >= 4 is 59.3 Å². The van der Waals surface area contributed by atoms with E-state index in [2.05, 4.69) is 29.8 Å². The number of nitrogens with two attached hydrogens (primary N) is 2. The number of hydrogen-bond donors (Lipinski definition) is 7. The summed E-state index contributed by atoms with van der Waals surface area (Å²) in [5, 5.41) is 25.0. The number of aliphatic carboxylic acids is 2. The SMILES string of the molecule is CCCCCCCCCCCCCCCC(=O)OC[C@H](CSCC(N)C(=O)N[C@H](CCC(N)=O)C(=O)NCC(=O)N[C@@H](CCC(=O)O)C(=O)O)OC(=O)CCCCCCCCCCCCCCC. The number of ether oxygens (including phenoxy) is 2. The molecule has 0 rings (SSSR count). The second kappa shape index (κ2) is 44.3. The first-order chi connectivity index (χ1) is 32.7. The van der Waals surface area contributed by atoms with E-state index >= 15 is 0 Å². The van der Waals surface area contributed by atoms with Crippen LogP contribution in [0.15, 0.2) is 0 Å². The molecule has 9 N–H and O–H groups in total. The Morgan fingerprint density at radius 2 is 0.971 bits per heavy atom. The van der Waals surface area contributed by atoms with Crippen LogP contribution in [0, 0.1) is 0 Å². The Morgan fingerprint density at radius 3 is 1.41 bits per heavy atom. The molecule has 4 atom stereocenters. The third-order valence-corrected chi connectivity index (χ3v) is 12.9. The number of carbonyl (C=O) groups is 8. The summed E-state index contributed by atoms with van der Waals surface area (Å²) in [4.78, 5) is 97.9. The first-order valence-electron chi connectivity index (χ1n) is 26.0. The van der Waals surface area contributed by atoms with Crippen LogP contribution in [-0.4, -0.2) is 107 Å². The van der Waals surface area contributed by atoms with E-state index in [0.717, 1.165) is 38.5 Å². The molecule has 0 aromatic heterocycles. The lowest BCUT2D eigenvalue weighted by atomic mass is 10.0. The van der Waals surface area contributed by atoms with Crippen molar-refractivity contribution < 1.29 is 58.0 Å². The molecule has 0 spiro atoms. The highest BCUT2D eigenvalue weighted by atomic mass is 32.2. The van der Waals surface area contributed by atoms with E-state index < -0.39 is 78.7 Å². The van der Waals surface area contributed by atoms with Gasteiger partial charge in [-0.25, -0.2) is 4.79 Å². The van der Waals surface area contributed by atoms with Crippen molar-refractivity contribution in [2.45, 2.75) is 244 Å². The standard InChI is InChI=1S/C50H91N5O12S/c1-3-5-7-9-11-13-15-17-19-21-23-25-27-29-46(60)66-36-39(67-47(61)30-28-26-24-22-20-18-16-14-12-10-8-6-4-2)37-68-38-40(51)48(62)55-41(31-33-43(52)56)49(63)53-35-44(57)54-42(50(64)65)32-34-45(58)59/h39-42H,3-38,51H2,1-2H3,(H2,52,56)(H,53,63)(H,54,57)(H,55,62)(H,58,59)(H,64,65)/t39-,40?,41-,42+/m1/s1. The molecular formula is C50H91N5O12S. The van der Waals surface area contributed by atoms with E-state index in [1.165, 1.54) is 127 Å². The summed E-state index contributed by atoms with van der Waals surface area (Å²) in [5.41, 5.74) is 11.4. The molecule has 17 nitrogen and oxygen atoms in total. The maximum atomic E-state index is 13.1. The molecule has 68 heavy (non-hydrogen) atoms. The molecule has 4 amide bonds. The van der Waals surface area contributed by atoms with Crippen molar-refractivity contribution in [3.8, 4) is 0 Å². The van der Waals surface area contributed by atoms with Crippen molar-refractivity contribution in [2.75, 3.05) is 24.7 Å². The fourth-order valence-corrected chi connectivity index (χ4v) is 8.46. The number of thioether (sulfide) groups is 1. The number of amides is 4. The van der Waals surface area contributed by atoms with Crippen molar-refractivity contribution in [1.82, 2.24) is 16.0 Å². The van der Waals surface area contributed by atoms with Crippen molar-refractivity contribution in [3.05, 3.63) is 0 Å². The Morgan fingerprint density at radius 1 is 0.529 bits per heavy atom. The molecular weight excluding hydrogens is 895 g/mol. The molecule has 0 saturated heterocycles. The summed E-state index contributed by atoms with van der Waals surface area (Å²) in [6.45, 7) is 3.61. The molecule has 0 aliphatic rings. The molecule has 0 radical (unpaired) electrons. The van der Waals surface area contributed by atoms with Gasteiger partial charge in [-0.3, -0.25) is 33.6 Å². The maximum absolute atomic E-state index is 13.1. The zero-order valence-electron chi connectivity index (χ0n) is 41.8. The van der Waals surface area contributed by atoms with E-state index in [-0.39, 0.29) is 56.2 Å². The molecule has 0 aliphatic carbocycles. The minimum Gasteiger partial charge on any atom is -0.481 e. The van der Waals surface area contributed by atoms with Crippen LogP contribution in [-0.2, 0) is 47.8 Å². The van der Waals surface area contributed by atoms with Gasteiger partial charge >= 0.3 is 23.9 Å². The van der Waals surface area contributed by atoms with Crippen molar-refractivity contribution in [3.63, 3.8) is 0 Å². The van der Waals surface area contributed by atoms with E-state index in [9.17, 15) is 43.5 Å².